The van der Waals surface area contributed by atoms with Gasteiger partial charge in [-0.3, -0.25) is 9.59 Å². The summed E-state index contributed by atoms with van der Waals surface area (Å²) >= 11 is 0. The molecule has 2 rings (SSSR count). The maximum Gasteiger partial charge on any atom is 0.303 e. The third-order valence-electron chi connectivity index (χ3n) is 8.64. The highest BCUT2D eigenvalue weighted by molar-refractivity contribution is 5.67. The van der Waals surface area contributed by atoms with Crippen LogP contribution in [0, 0.1) is 0 Å². The van der Waals surface area contributed by atoms with E-state index >= 15 is 0 Å². The van der Waals surface area contributed by atoms with Gasteiger partial charge in [0.25, 0.3) is 0 Å². The van der Waals surface area contributed by atoms with Crippen LogP contribution in [0.5, 0.6) is 11.5 Å². The number of phenols is 2. The molecule has 0 amide bonds. The van der Waals surface area contributed by atoms with Crippen molar-refractivity contribution in [3.05, 3.63) is 57.6 Å². The van der Waals surface area contributed by atoms with Gasteiger partial charge in [-0.25, -0.2) is 0 Å². The van der Waals surface area contributed by atoms with Gasteiger partial charge in [-0.2, -0.15) is 0 Å². The molecule has 0 radical (unpaired) electrons. The molecular weight excluding hydrogens is 644 g/mol. The first-order valence-corrected chi connectivity index (χ1v) is 18.7. The van der Waals surface area contributed by atoms with Crippen molar-refractivity contribution in [1.82, 2.24) is 0 Å². The number of carbonyl (C=O) groups is 2. The van der Waals surface area contributed by atoms with Crippen LogP contribution >= 0.6 is 0 Å². The van der Waals surface area contributed by atoms with Crippen molar-refractivity contribution in [2.45, 2.75) is 175 Å². The molecule has 6 N–H and O–H groups in total. The minimum atomic E-state index is -0.798. The van der Waals surface area contributed by atoms with E-state index in [0.29, 0.717) is 37.6 Å². The maximum absolute atomic E-state index is 10.8. The molecule has 8 nitrogen and oxygen atoms in total. The first kappa shape index (κ1) is 47.9. The lowest BCUT2D eigenvalue weighted by Gasteiger charge is -2.28. The van der Waals surface area contributed by atoms with Crippen molar-refractivity contribution < 1.29 is 40.2 Å². The Kier molecular flexibility index (Phi) is 20.1. The fraction of sp³-hybridized carbons (Fsp3) is 0.674. The van der Waals surface area contributed by atoms with Crippen molar-refractivity contribution in [2.24, 2.45) is 0 Å². The van der Waals surface area contributed by atoms with E-state index < -0.39 is 11.9 Å². The number of rotatable bonds is 14. The molecule has 0 unspecified atom stereocenters. The monoisotopic (exact) mass is 717 g/mol. The number of carboxylic acid groups (broad SMARTS) is 2. The summed E-state index contributed by atoms with van der Waals surface area (Å²) in [6.07, 6.45) is 9.09. The normalized spacial score (nSPS) is 12.0. The van der Waals surface area contributed by atoms with E-state index in [-0.39, 0.29) is 34.5 Å². The van der Waals surface area contributed by atoms with Gasteiger partial charge in [0.15, 0.2) is 0 Å². The Bertz CT molecular complexity index is 1170. The number of carboxylic acids is 2. The van der Waals surface area contributed by atoms with Gasteiger partial charge >= 0.3 is 11.9 Å². The van der Waals surface area contributed by atoms with Gasteiger partial charge in [0.05, 0.1) is 0 Å². The van der Waals surface area contributed by atoms with Crippen LogP contribution in [0.25, 0.3) is 0 Å². The van der Waals surface area contributed by atoms with Crippen LogP contribution in [0.15, 0.2) is 24.3 Å². The van der Waals surface area contributed by atoms with E-state index in [2.05, 4.69) is 83.1 Å². The zero-order valence-electron chi connectivity index (χ0n) is 34.0. The van der Waals surface area contributed by atoms with Gasteiger partial charge < -0.3 is 30.6 Å². The zero-order chi connectivity index (χ0) is 39.8. The van der Waals surface area contributed by atoms with Gasteiger partial charge in [-0.1, -0.05) is 139 Å². The Balaban J connectivity index is 0.000000770. The van der Waals surface area contributed by atoms with Gasteiger partial charge in [0, 0.05) is 26.1 Å². The first-order valence-electron chi connectivity index (χ1n) is 18.7. The molecule has 0 saturated heterocycles. The molecule has 0 spiro atoms. The van der Waals surface area contributed by atoms with Gasteiger partial charge in [-0.05, 0) is 80.7 Å². The van der Waals surface area contributed by atoms with Gasteiger partial charge in [0.1, 0.15) is 11.5 Å². The third kappa shape index (κ3) is 18.8. The summed E-state index contributed by atoms with van der Waals surface area (Å²) in [5.41, 5.74) is 4.76. The van der Waals surface area contributed by atoms with Crippen LogP contribution in [-0.2, 0) is 44.1 Å². The highest BCUT2D eigenvalue weighted by atomic mass is 16.4. The molecule has 0 saturated carbocycles. The van der Waals surface area contributed by atoms with E-state index in [9.17, 15) is 19.8 Å². The van der Waals surface area contributed by atoms with Gasteiger partial charge in [-0.15, -0.1) is 0 Å². The molecule has 2 aromatic rings. The quantitative estimate of drug-likeness (QED) is 0.106. The summed E-state index contributed by atoms with van der Waals surface area (Å²) in [5, 5.41) is 55.7. The number of hydrogen-bond acceptors (Lipinski definition) is 6. The number of aryl methyl sites for hydroxylation is 2. The van der Waals surface area contributed by atoms with E-state index in [1.54, 1.807) is 0 Å². The highest BCUT2D eigenvalue weighted by Gasteiger charge is 2.28. The molecule has 0 heterocycles. The average molecular weight is 717 g/mol. The number of aliphatic hydroxyl groups excluding tert-OH is 2. The molecule has 2 aromatic carbocycles. The standard InChI is InChI=1S/2C17H26O3.C9H20O2/c2*1-16(2,3)12-9-11(7-8-14(18)19)10-13(15(12)20)17(4,5)6;10-8-6-4-2-1-3-5-7-9-11/h2*9-10,20H,7-8H2,1-6H3,(H,18,19);10-11H,1-9H2. The Morgan fingerprint density at radius 2 is 0.667 bits per heavy atom. The molecule has 0 fully saturated rings. The van der Waals surface area contributed by atoms with Crippen LogP contribution in [-0.4, -0.2) is 55.8 Å². The second-order valence-corrected chi connectivity index (χ2v) is 17.8. The zero-order valence-corrected chi connectivity index (χ0v) is 34.0. The van der Waals surface area contributed by atoms with Crippen molar-refractivity contribution in [3.63, 3.8) is 0 Å². The molecule has 0 aliphatic rings. The predicted octanol–water partition coefficient (Wildman–Crippen LogP) is 9.71. The second kappa shape index (κ2) is 21.4. The summed E-state index contributed by atoms with van der Waals surface area (Å²) in [7, 11) is 0. The van der Waals surface area contributed by atoms with E-state index in [1.807, 2.05) is 24.3 Å². The lowest BCUT2D eigenvalue weighted by Crippen LogP contribution is -2.18. The molecule has 292 valence electrons. The van der Waals surface area contributed by atoms with Crippen LogP contribution in [0.1, 0.15) is 174 Å². The maximum atomic E-state index is 10.8. The Morgan fingerprint density at radius 3 is 0.843 bits per heavy atom. The molecule has 0 atom stereocenters. The predicted molar refractivity (Wildman–Crippen MR) is 209 cm³/mol. The minimum absolute atomic E-state index is 0.109. The van der Waals surface area contributed by atoms with E-state index in [0.717, 1.165) is 59.1 Å². The van der Waals surface area contributed by atoms with Crippen LogP contribution in [0.4, 0.5) is 0 Å². The van der Waals surface area contributed by atoms with Crippen LogP contribution in [0.3, 0.4) is 0 Å². The number of hydrogen-bond donors (Lipinski definition) is 6. The molecule has 0 aliphatic heterocycles. The largest absolute Gasteiger partial charge is 0.507 e. The third-order valence-corrected chi connectivity index (χ3v) is 8.64. The molecule has 51 heavy (non-hydrogen) atoms. The number of aliphatic hydroxyl groups is 2. The number of unbranched alkanes of at least 4 members (excludes halogenated alkanes) is 6. The molecule has 0 aliphatic carbocycles. The SMILES string of the molecule is CC(C)(C)c1cc(CCC(=O)O)cc(C(C)(C)C)c1O.CC(C)(C)c1cc(CCC(=O)O)cc(C(C)(C)C)c1O.OCCCCCCCCCO. The summed E-state index contributed by atoms with van der Waals surface area (Å²) in [4.78, 5) is 21.5. The first-order chi connectivity index (χ1) is 23.3. The second-order valence-electron chi connectivity index (χ2n) is 17.8. The highest BCUT2D eigenvalue weighted by Crippen LogP contribution is 2.41. The fourth-order valence-electron chi connectivity index (χ4n) is 5.57. The summed E-state index contributed by atoms with van der Waals surface area (Å²) in [6.45, 7) is 25.3. The molecule has 0 bridgehead atoms. The fourth-order valence-corrected chi connectivity index (χ4v) is 5.57. The average Bonchev–Trinajstić information content (AvgIpc) is 2.98. The molecule has 8 heteroatoms. The van der Waals surface area contributed by atoms with Crippen molar-refractivity contribution in [2.75, 3.05) is 13.2 Å². The summed E-state index contributed by atoms with van der Waals surface area (Å²) < 4.78 is 0. The number of aromatic hydroxyl groups is 2. The smallest absolute Gasteiger partial charge is 0.303 e. The van der Waals surface area contributed by atoms with Crippen LogP contribution in [0.2, 0.25) is 0 Å². The molecule has 0 aromatic heterocycles. The lowest BCUT2D eigenvalue weighted by molar-refractivity contribution is -0.138. The number of benzene rings is 2. The topological polar surface area (TPSA) is 156 Å². The lowest BCUT2D eigenvalue weighted by atomic mass is 9.78. The van der Waals surface area contributed by atoms with Crippen molar-refractivity contribution in [3.8, 4) is 11.5 Å². The van der Waals surface area contributed by atoms with Crippen molar-refractivity contribution in [1.29, 1.82) is 0 Å². The van der Waals surface area contributed by atoms with Crippen LogP contribution < -0.4 is 0 Å². The number of aliphatic carboxylic acids is 2. The van der Waals surface area contributed by atoms with E-state index in [4.69, 9.17) is 20.4 Å². The Morgan fingerprint density at radius 1 is 0.451 bits per heavy atom. The van der Waals surface area contributed by atoms with Gasteiger partial charge in [0.2, 0.25) is 0 Å². The molecular formula is C43H72O8. The minimum Gasteiger partial charge on any atom is -0.507 e. The summed E-state index contributed by atoms with van der Waals surface area (Å²) in [5.74, 6) is -0.923. The van der Waals surface area contributed by atoms with Crippen molar-refractivity contribution >= 4 is 11.9 Å². The van der Waals surface area contributed by atoms with E-state index in [1.165, 1.54) is 19.3 Å². The number of phenolic OH excluding ortho intramolecular Hbond substituents is 2. The Labute approximate surface area is 309 Å². The Hall–Kier alpha value is -3.10. The summed E-state index contributed by atoms with van der Waals surface area (Å²) in [6, 6.07) is 7.75.